The molecule has 2 fully saturated rings. The second-order valence-electron chi connectivity index (χ2n) is 8.74. The first-order chi connectivity index (χ1) is 16.6. The third-order valence-corrected chi connectivity index (χ3v) is 7.45. The molecule has 1 saturated heterocycles. The van der Waals surface area contributed by atoms with Gasteiger partial charge in [-0.15, -0.1) is 10.2 Å². The molecule has 34 heavy (non-hydrogen) atoms. The number of anilines is 1. The predicted molar refractivity (Wildman–Crippen MR) is 135 cm³/mol. The van der Waals surface area contributed by atoms with Crippen LogP contribution in [0.25, 0.3) is 5.69 Å². The molecular formula is C25H28ClN5O2S. The van der Waals surface area contributed by atoms with Crippen LogP contribution < -0.4 is 15.0 Å². The summed E-state index contributed by atoms with van der Waals surface area (Å²) in [5.74, 6) is 2.35. The Kier molecular flexibility index (Phi) is 6.97. The molecule has 1 N–H and O–H groups in total. The predicted octanol–water partition coefficient (Wildman–Crippen LogP) is 4.89. The van der Waals surface area contributed by atoms with Crippen LogP contribution in [0.3, 0.4) is 0 Å². The lowest BCUT2D eigenvalue weighted by Crippen LogP contribution is -2.31. The quantitative estimate of drug-likeness (QED) is 0.424. The maximum Gasteiger partial charge on any atom is 0.232 e. The summed E-state index contributed by atoms with van der Waals surface area (Å²) < 4.78 is 7.28. The lowest BCUT2D eigenvalue weighted by Gasteiger charge is -2.20. The number of carbonyl (C=O) groups excluding carboxylic acids is 1. The van der Waals surface area contributed by atoms with Crippen LogP contribution in [0.4, 0.5) is 5.95 Å². The monoisotopic (exact) mass is 497 g/mol. The first-order valence-electron chi connectivity index (χ1n) is 11.6. The van der Waals surface area contributed by atoms with Crippen LogP contribution in [-0.4, -0.2) is 46.6 Å². The number of rotatable bonds is 9. The zero-order valence-corrected chi connectivity index (χ0v) is 20.7. The summed E-state index contributed by atoms with van der Waals surface area (Å²) in [4.78, 5) is 15.2. The van der Waals surface area contributed by atoms with Crippen LogP contribution in [0.5, 0.6) is 5.75 Å². The number of thioether (sulfide) groups is 1. The number of aromatic nitrogens is 3. The van der Waals surface area contributed by atoms with Crippen molar-refractivity contribution in [1.82, 2.24) is 20.1 Å². The van der Waals surface area contributed by atoms with Crippen LogP contribution in [0.15, 0.2) is 53.7 Å². The molecule has 1 atom stereocenters. The Bertz CT molecular complexity index is 1140. The van der Waals surface area contributed by atoms with Crippen LogP contribution in [-0.2, 0) is 4.79 Å². The average molecular weight is 498 g/mol. The van der Waals surface area contributed by atoms with Crippen molar-refractivity contribution in [1.29, 1.82) is 0 Å². The van der Waals surface area contributed by atoms with E-state index in [-0.39, 0.29) is 17.7 Å². The van der Waals surface area contributed by atoms with Gasteiger partial charge in [-0.05, 0) is 67.5 Å². The largest absolute Gasteiger partial charge is 0.497 e. The number of benzene rings is 2. The first-order valence-corrected chi connectivity index (χ1v) is 13.0. The maximum atomic E-state index is 13.0. The highest BCUT2D eigenvalue weighted by molar-refractivity contribution is 7.99. The molecule has 1 aliphatic heterocycles. The molecule has 0 radical (unpaired) electrons. The molecule has 2 aromatic carbocycles. The zero-order valence-electron chi connectivity index (χ0n) is 19.1. The number of hydrogen-bond donors (Lipinski definition) is 1. The molecule has 1 aromatic heterocycles. The normalized spacial score (nSPS) is 16.5. The number of carbonyl (C=O) groups is 1. The number of amides is 1. The van der Waals surface area contributed by atoms with Gasteiger partial charge in [0.05, 0.1) is 24.6 Å². The maximum absolute atomic E-state index is 13.0. The van der Waals surface area contributed by atoms with Crippen molar-refractivity contribution in [3.05, 3.63) is 59.1 Å². The van der Waals surface area contributed by atoms with Crippen molar-refractivity contribution in [3.8, 4) is 11.4 Å². The van der Waals surface area contributed by atoms with Gasteiger partial charge < -0.3 is 15.0 Å². The Morgan fingerprint density at radius 3 is 2.62 bits per heavy atom. The van der Waals surface area contributed by atoms with Crippen LogP contribution in [0.1, 0.15) is 37.3 Å². The van der Waals surface area contributed by atoms with E-state index in [4.69, 9.17) is 16.3 Å². The molecule has 0 spiro atoms. The zero-order chi connectivity index (χ0) is 23.5. The van der Waals surface area contributed by atoms with Crippen LogP contribution in [0.2, 0.25) is 5.02 Å². The van der Waals surface area contributed by atoms with Gasteiger partial charge in [0.1, 0.15) is 5.75 Å². The van der Waals surface area contributed by atoms with E-state index >= 15 is 0 Å². The third-order valence-electron chi connectivity index (χ3n) is 6.29. The third kappa shape index (κ3) is 5.18. The van der Waals surface area contributed by atoms with Crippen molar-refractivity contribution in [3.63, 3.8) is 0 Å². The Morgan fingerprint density at radius 2 is 1.94 bits per heavy atom. The SMILES string of the molecule is COc1ccc(C(NC(=O)CSc2nnc(N3CCCC3)n2-c2cccc(Cl)c2)C2CC2)cc1. The van der Waals surface area contributed by atoms with Gasteiger partial charge in [0.2, 0.25) is 11.9 Å². The van der Waals surface area contributed by atoms with Crippen molar-refractivity contribution in [2.45, 2.75) is 36.9 Å². The number of nitrogens with one attached hydrogen (secondary N) is 1. The fourth-order valence-electron chi connectivity index (χ4n) is 4.38. The molecule has 0 bridgehead atoms. The van der Waals surface area contributed by atoms with E-state index in [9.17, 15) is 4.79 Å². The minimum absolute atomic E-state index is 0.0129. The van der Waals surface area contributed by atoms with Gasteiger partial charge in [0.25, 0.3) is 0 Å². The molecule has 1 unspecified atom stereocenters. The highest BCUT2D eigenvalue weighted by Crippen LogP contribution is 2.41. The molecule has 3 aromatic rings. The van der Waals surface area contributed by atoms with Crippen molar-refractivity contribution >= 4 is 35.2 Å². The molecular weight excluding hydrogens is 470 g/mol. The fraction of sp³-hybridized carbons (Fsp3) is 0.400. The Labute approximate surface area is 208 Å². The molecule has 1 amide bonds. The van der Waals surface area contributed by atoms with Crippen molar-refractivity contribution in [2.24, 2.45) is 5.92 Å². The second kappa shape index (κ2) is 10.3. The average Bonchev–Trinajstić information content (AvgIpc) is 3.37. The summed E-state index contributed by atoms with van der Waals surface area (Å²) in [6, 6.07) is 15.6. The van der Waals surface area contributed by atoms with E-state index < -0.39 is 0 Å². The van der Waals surface area contributed by atoms with Gasteiger partial charge in [-0.25, -0.2) is 0 Å². The van der Waals surface area contributed by atoms with Crippen LogP contribution >= 0.6 is 23.4 Å². The standard InChI is InChI=1S/C25H28ClN5O2S/c1-33-21-11-9-18(10-12-21)23(17-7-8-17)27-22(32)16-34-25-29-28-24(30-13-2-3-14-30)31(25)20-6-4-5-19(26)15-20/h4-6,9-12,15,17,23H,2-3,7-8,13-14,16H2,1H3,(H,27,32). The topological polar surface area (TPSA) is 72.3 Å². The molecule has 5 rings (SSSR count). The van der Waals surface area contributed by atoms with Crippen molar-refractivity contribution < 1.29 is 9.53 Å². The van der Waals surface area contributed by atoms with Crippen LogP contribution in [0, 0.1) is 5.92 Å². The minimum Gasteiger partial charge on any atom is -0.497 e. The summed E-state index contributed by atoms with van der Waals surface area (Å²) in [6.45, 7) is 1.91. The smallest absolute Gasteiger partial charge is 0.232 e. The number of ether oxygens (including phenoxy) is 1. The second-order valence-corrected chi connectivity index (χ2v) is 10.1. The summed E-state index contributed by atoms with van der Waals surface area (Å²) in [5.41, 5.74) is 2.01. The van der Waals surface area contributed by atoms with Gasteiger partial charge >= 0.3 is 0 Å². The van der Waals surface area contributed by atoms with Gasteiger partial charge in [0, 0.05) is 18.1 Å². The summed E-state index contributed by atoms with van der Waals surface area (Å²) in [5, 5.41) is 13.5. The van der Waals surface area contributed by atoms with Gasteiger partial charge in [-0.2, -0.15) is 0 Å². The van der Waals surface area contributed by atoms with Gasteiger partial charge in [-0.3, -0.25) is 9.36 Å². The Morgan fingerprint density at radius 1 is 1.18 bits per heavy atom. The summed E-state index contributed by atoms with van der Waals surface area (Å²) in [7, 11) is 1.66. The minimum atomic E-state index is -0.0129. The summed E-state index contributed by atoms with van der Waals surface area (Å²) >= 11 is 7.68. The first kappa shape index (κ1) is 23.1. The highest BCUT2D eigenvalue weighted by Gasteiger charge is 2.33. The highest BCUT2D eigenvalue weighted by atomic mass is 35.5. The number of methoxy groups -OCH3 is 1. The molecule has 9 heteroatoms. The molecule has 7 nitrogen and oxygen atoms in total. The van der Waals surface area contributed by atoms with E-state index in [2.05, 4.69) is 20.4 Å². The van der Waals surface area contributed by atoms with E-state index in [0.29, 0.717) is 16.1 Å². The van der Waals surface area contributed by atoms with Gasteiger partial charge in [0.15, 0.2) is 5.16 Å². The lowest BCUT2D eigenvalue weighted by molar-refractivity contribution is -0.119. The van der Waals surface area contributed by atoms with E-state index in [1.54, 1.807) is 7.11 Å². The van der Waals surface area contributed by atoms with E-state index in [1.807, 2.05) is 53.1 Å². The fourth-order valence-corrected chi connectivity index (χ4v) is 5.32. The van der Waals surface area contributed by atoms with Crippen molar-refractivity contribution in [2.75, 3.05) is 30.9 Å². The number of halogens is 1. The van der Waals surface area contributed by atoms with Gasteiger partial charge in [-0.1, -0.05) is 41.6 Å². The summed E-state index contributed by atoms with van der Waals surface area (Å²) in [6.07, 6.45) is 4.54. The molecule has 2 aliphatic rings. The molecule has 1 saturated carbocycles. The molecule has 2 heterocycles. The van der Waals surface area contributed by atoms with E-state index in [0.717, 1.165) is 61.7 Å². The Balaban J connectivity index is 1.31. The number of nitrogens with zero attached hydrogens (tertiary/aromatic N) is 4. The molecule has 1 aliphatic carbocycles. The van der Waals surface area contributed by atoms with E-state index in [1.165, 1.54) is 11.8 Å². The lowest BCUT2D eigenvalue weighted by atomic mass is 10.0. The number of hydrogen-bond acceptors (Lipinski definition) is 6. The Hall–Kier alpha value is -2.71. The molecule has 178 valence electrons.